The Kier molecular flexibility index (Phi) is 16.9. The van der Waals surface area contributed by atoms with E-state index in [0.29, 0.717) is 0 Å². The second-order valence-electron chi connectivity index (χ2n) is 9.17. The zero-order valence-corrected chi connectivity index (χ0v) is 21.1. The lowest BCUT2D eigenvalue weighted by molar-refractivity contribution is 0.915. The van der Waals surface area contributed by atoms with Crippen molar-refractivity contribution in [3.05, 3.63) is 82.5 Å². The van der Waals surface area contributed by atoms with Gasteiger partial charge >= 0.3 is 0 Å². The summed E-state index contributed by atoms with van der Waals surface area (Å²) in [6.07, 6.45) is 26.4. The van der Waals surface area contributed by atoms with E-state index in [1.165, 1.54) is 52.7 Å². The molecule has 0 aromatic carbocycles. The summed E-state index contributed by atoms with van der Waals surface area (Å²) in [5.41, 5.74) is 8.53. The standard InChI is InChI=1S/C30H48/c1-25(2)15-11-19-29(7)23-13-21-27(5)17-9-10-18-28(6)22-14-24-30(8)20-12-16-26(3)4/h9,15-18,23-24H,5,10-14,19-22H2,1-4,6-8H3/b17-9+,28-18+,29-23+,30-24+. The molecule has 0 rings (SSSR count). The minimum Gasteiger partial charge on any atom is -0.0958 e. The van der Waals surface area contributed by atoms with E-state index >= 15 is 0 Å². The van der Waals surface area contributed by atoms with Gasteiger partial charge in [0.25, 0.3) is 0 Å². The van der Waals surface area contributed by atoms with Crippen LogP contribution in [0.15, 0.2) is 82.5 Å². The fourth-order valence-electron chi connectivity index (χ4n) is 3.12. The summed E-state index contributed by atoms with van der Waals surface area (Å²) in [4.78, 5) is 0. The van der Waals surface area contributed by atoms with Crippen molar-refractivity contribution in [2.45, 2.75) is 106 Å². The molecule has 0 radical (unpaired) electrons. The van der Waals surface area contributed by atoms with Crippen molar-refractivity contribution < 1.29 is 0 Å². The van der Waals surface area contributed by atoms with Crippen molar-refractivity contribution in [1.29, 1.82) is 0 Å². The van der Waals surface area contributed by atoms with Gasteiger partial charge in [0.15, 0.2) is 0 Å². The molecular formula is C30H48. The van der Waals surface area contributed by atoms with Crippen molar-refractivity contribution in [3.8, 4) is 0 Å². The van der Waals surface area contributed by atoms with Gasteiger partial charge in [0.1, 0.15) is 0 Å². The first-order chi connectivity index (χ1) is 14.2. The van der Waals surface area contributed by atoms with E-state index in [0.717, 1.165) is 38.5 Å². The van der Waals surface area contributed by atoms with Crippen LogP contribution in [0.25, 0.3) is 0 Å². The third kappa shape index (κ3) is 19.5. The third-order valence-corrected chi connectivity index (χ3v) is 5.13. The summed E-state index contributed by atoms with van der Waals surface area (Å²) in [6.45, 7) is 19.6. The van der Waals surface area contributed by atoms with Crippen molar-refractivity contribution >= 4 is 0 Å². The molecule has 0 aliphatic heterocycles. The van der Waals surface area contributed by atoms with Crippen LogP contribution in [0.1, 0.15) is 106 Å². The second-order valence-corrected chi connectivity index (χ2v) is 9.17. The summed E-state index contributed by atoms with van der Waals surface area (Å²) >= 11 is 0. The molecule has 0 spiro atoms. The largest absolute Gasteiger partial charge is 0.0958 e. The van der Waals surface area contributed by atoms with Crippen LogP contribution in [-0.2, 0) is 0 Å². The van der Waals surface area contributed by atoms with Gasteiger partial charge in [0, 0.05) is 0 Å². The Morgan fingerprint density at radius 3 is 1.40 bits per heavy atom. The summed E-state index contributed by atoms with van der Waals surface area (Å²) < 4.78 is 0. The molecule has 0 nitrogen and oxygen atoms in total. The molecule has 0 fully saturated rings. The summed E-state index contributed by atoms with van der Waals surface area (Å²) in [5.74, 6) is 0. The Morgan fingerprint density at radius 1 is 0.533 bits per heavy atom. The normalized spacial score (nSPS) is 13.0. The molecule has 0 saturated heterocycles. The molecule has 0 aromatic heterocycles. The number of hydrogen-bond donors (Lipinski definition) is 0. The van der Waals surface area contributed by atoms with E-state index < -0.39 is 0 Å². The van der Waals surface area contributed by atoms with E-state index in [1.807, 2.05) is 0 Å². The van der Waals surface area contributed by atoms with Crippen LogP contribution >= 0.6 is 0 Å². The van der Waals surface area contributed by atoms with Crippen LogP contribution in [0.5, 0.6) is 0 Å². The van der Waals surface area contributed by atoms with Crippen molar-refractivity contribution in [3.63, 3.8) is 0 Å². The van der Waals surface area contributed by atoms with Gasteiger partial charge in [-0.2, -0.15) is 0 Å². The molecule has 30 heavy (non-hydrogen) atoms. The molecule has 0 heteroatoms. The van der Waals surface area contributed by atoms with E-state index in [-0.39, 0.29) is 0 Å². The summed E-state index contributed by atoms with van der Waals surface area (Å²) in [7, 11) is 0. The molecule has 0 saturated carbocycles. The second kappa shape index (κ2) is 18.0. The highest BCUT2D eigenvalue weighted by Gasteiger charge is 1.93. The lowest BCUT2D eigenvalue weighted by Crippen LogP contribution is -1.81. The Balaban J connectivity index is 4.07. The predicted octanol–water partition coefficient (Wildman–Crippen LogP) is 10.4. The highest BCUT2D eigenvalue weighted by atomic mass is 14.0. The van der Waals surface area contributed by atoms with E-state index in [9.17, 15) is 0 Å². The fourth-order valence-corrected chi connectivity index (χ4v) is 3.12. The van der Waals surface area contributed by atoms with Gasteiger partial charge in [-0.1, -0.05) is 82.5 Å². The van der Waals surface area contributed by atoms with E-state index in [4.69, 9.17) is 0 Å². The Labute approximate surface area is 188 Å². The average molecular weight is 409 g/mol. The highest BCUT2D eigenvalue weighted by Crippen LogP contribution is 2.13. The van der Waals surface area contributed by atoms with Gasteiger partial charge in [-0.15, -0.1) is 0 Å². The molecule has 0 atom stereocenters. The van der Waals surface area contributed by atoms with Gasteiger partial charge in [-0.05, 0) is 106 Å². The van der Waals surface area contributed by atoms with Gasteiger partial charge < -0.3 is 0 Å². The maximum atomic E-state index is 4.20. The molecule has 0 aromatic rings. The van der Waals surface area contributed by atoms with Crippen molar-refractivity contribution in [2.24, 2.45) is 0 Å². The lowest BCUT2D eigenvalue weighted by Gasteiger charge is -2.01. The van der Waals surface area contributed by atoms with Gasteiger partial charge in [0.05, 0.1) is 0 Å². The molecule has 0 aliphatic rings. The summed E-state index contributed by atoms with van der Waals surface area (Å²) in [6, 6.07) is 0. The minimum atomic E-state index is 1.01. The average Bonchev–Trinajstić information content (AvgIpc) is 2.64. The molecule has 0 unspecified atom stereocenters. The van der Waals surface area contributed by atoms with Crippen molar-refractivity contribution in [2.75, 3.05) is 0 Å². The smallest absolute Gasteiger partial charge is 0.0163 e. The Hall–Kier alpha value is -1.82. The third-order valence-electron chi connectivity index (χ3n) is 5.13. The van der Waals surface area contributed by atoms with Crippen LogP contribution in [0, 0.1) is 0 Å². The van der Waals surface area contributed by atoms with Crippen molar-refractivity contribution in [1.82, 2.24) is 0 Å². The summed E-state index contributed by atoms with van der Waals surface area (Å²) in [5, 5.41) is 0. The fraction of sp³-hybridized carbons (Fsp3) is 0.533. The first-order valence-corrected chi connectivity index (χ1v) is 11.8. The Morgan fingerprint density at radius 2 is 0.933 bits per heavy atom. The predicted molar refractivity (Wildman–Crippen MR) is 140 cm³/mol. The van der Waals surface area contributed by atoms with Crippen LogP contribution in [0.2, 0.25) is 0 Å². The first-order valence-electron chi connectivity index (χ1n) is 11.8. The quantitative estimate of drug-likeness (QED) is 0.187. The zero-order chi connectivity index (χ0) is 22.8. The number of rotatable bonds is 15. The molecule has 0 aliphatic carbocycles. The van der Waals surface area contributed by atoms with Gasteiger partial charge in [-0.3, -0.25) is 0 Å². The van der Waals surface area contributed by atoms with E-state index in [2.05, 4.69) is 97.6 Å². The molecule has 0 heterocycles. The Bertz CT molecular complexity index is 663. The number of hydrogen-bond acceptors (Lipinski definition) is 0. The highest BCUT2D eigenvalue weighted by molar-refractivity contribution is 5.17. The van der Waals surface area contributed by atoms with Crippen LogP contribution in [0.3, 0.4) is 0 Å². The minimum absolute atomic E-state index is 1.01. The monoisotopic (exact) mass is 408 g/mol. The van der Waals surface area contributed by atoms with Gasteiger partial charge in [0.2, 0.25) is 0 Å². The lowest BCUT2D eigenvalue weighted by atomic mass is 10.1. The van der Waals surface area contributed by atoms with Crippen LogP contribution in [0.4, 0.5) is 0 Å². The van der Waals surface area contributed by atoms with Gasteiger partial charge in [-0.25, -0.2) is 0 Å². The maximum absolute atomic E-state index is 4.20. The molecule has 0 N–H and O–H groups in total. The first kappa shape index (κ1) is 28.2. The molecule has 0 bridgehead atoms. The topological polar surface area (TPSA) is 0 Å². The molecule has 168 valence electrons. The van der Waals surface area contributed by atoms with Crippen LogP contribution in [-0.4, -0.2) is 0 Å². The SMILES string of the molecule is C=C(/C=C/C/C=C(\C)CC/C=C(\C)CCC=C(C)C)CC/C=C(\C)CCC=C(C)C. The van der Waals surface area contributed by atoms with Crippen LogP contribution < -0.4 is 0 Å². The molecular weight excluding hydrogens is 360 g/mol. The number of allylic oxidation sites excluding steroid dienone is 13. The zero-order valence-electron chi connectivity index (χ0n) is 21.1. The maximum Gasteiger partial charge on any atom is -0.0163 e. The molecule has 0 amide bonds. The van der Waals surface area contributed by atoms with E-state index in [1.54, 1.807) is 0 Å².